The molecule has 0 fully saturated rings. The molecule has 6 heteroatoms. The Hall–Kier alpha value is -2.63. The predicted octanol–water partition coefficient (Wildman–Crippen LogP) is 2.16. The van der Waals surface area contributed by atoms with Crippen molar-refractivity contribution in [2.45, 2.75) is 20.0 Å². The Balaban J connectivity index is 2.12. The molecule has 0 saturated carbocycles. The molecule has 0 aromatic carbocycles. The van der Waals surface area contributed by atoms with E-state index in [0.717, 1.165) is 11.3 Å². The van der Waals surface area contributed by atoms with Gasteiger partial charge in [-0.05, 0) is 26.0 Å². The largest absolute Gasteiger partial charge is 0.472 e. The number of rotatable bonds is 3. The van der Waals surface area contributed by atoms with Crippen molar-refractivity contribution in [3.05, 3.63) is 36.9 Å². The highest BCUT2D eigenvalue weighted by Crippen LogP contribution is 2.24. The first-order valence-corrected chi connectivity index (χ1v) is 6.36. The van der Waals surface area contributed by atoms with Gasteiger partial charge in [0, 0.05) is 24.2 Å². The van der Waals surface area contributed by atoms with Gasteiger partial charge in [0.15, 0.2) is 0 Å². The van der Waals surface area contributed by atoms with Gasteiger partial charge in [-0.2, -0.15) is 0 Å². The van der Waals surface area contributed by atoms with E-state index in [-0.39, 0.29) is 6.10 Å². The summed E-state index contributed by atoms with van der Waals surface area (Å²) in [6, 6.07) is 3.68. The van der Waals surface area contributed by atoms with E-state index in [1.165, 1.54) is 0 Å². The Morgan fingerprint density at radius 1 is 1.15 bits per heavy atom. The summed E-state index contributed by atoms with van der Waals surface area (Å²) in [5.74, 6) is 1.02. The zero-order chi connectivity index (χ0) is 14.1. The minimum Gasteiger partial charge on any atom is -0.472 e. The third-order valence-corrected chi connectivity index (χ3v) is 2.83. The Morgan fingerprint density at radius 3 is 2.70 bits per heavy atom. The van der Waals surface area contributed by atoms with E-state index in [9.17, 15) is 0 Å². The van der Waals surface area contributed by atoms with Gasteiger partial charge in [0.25, 0.3) is 5.88 Å². The topological polar surface area (TPSA) is 78.3 Å². The standard InChI is InChI=1S/C14H15N5O/c1-9(2)20-14-13-18-8-11(19(13)6-5-16-14)10-3-4-12(15)17-7-10/h3-9H,1-2H3,(H2,15,17). The normalized spacial score (nSPS) is 11.2. The van der Waals surface area contributed by atoms with Crippen LogP contribution in [0.1, 0.15) is 13.8 Å². The molecule has 3 aromatic heterocycles. The van der Waals surface area contributed by atoms with Gasteiger partial charge in [-0.1, -0.05) is 0 Å². The van der Waals surface area contributed by atoms with Crippen LogP contribution in [0.3, 0.4) is 0 Å². The van der Waals surface area contributed by atoms with E-state index < -0.39 is 0 Å². The first kappa shape index (κ1) is 12.4. The average molecular weight is 269 g/mol. The van der Waals surface area contributed by atoms with Gasteiger partial charge in [0.1, 0.15) is 5.82 Å². The van der Waals surface area contributed by atoms with Crippen LogP contribution in [0, 0.1) is 0 Å². The number of nitrogens with zero attached hydrogens (tertiary/aromatic N) is 4. The summed E-state index contributed by atoms with van der Waals surface area (Å²) in [7, 11) is 0. The molecule has 20 heavy (non-hydrogen) atoms. The molecule has 3 rings (SSSR count). The van der Waals surface area contributed by atoms with Crippen LogP contribution >= 0.6 is 0 Å². The Bertz CT molecular complexity index is 733. The number of hydrogen-bond donors (Lipinski definition) is 1. The number of fused-ring (bicyclic) bond motifs is 1. The maximum absolute atomic E-state index is 5.67. The van der Waals surface area contributed by atoms with Crippen LogP contribution in [0.4, 0.5) is 5.82 Å². The van der Waals surface area contributed by atoms with Gasteiger partial charge < -0.3 is 10.5 Å². The van der Waals surface area contributed by atoms with Crippen LogP contribution in [-0.2, 0) is 0 Å². The zero-order valence-electron chi connectivity index (χ0n) is 11.3. The van der Waals surface area contributed by atoms with Crippen molar-refractivity contribution < 1.29 is 4.74 Å². The fourth-order valence-electron chi connectivity index (χ4n) is 1.97. The van der Waals surface area contributed by atoms with Crippen LogP contribution in [0.5, 0.6) is 5.88 Å². The van der Waals surface area contributed by atoms with Gasteiger partial charge in [0.05, 0.1) is 18.0 Å². The Kier molecular flexibility index (Phi) is 2.98. The lowest BCUT2D eigenvalue weighted by molar-refractivity contribution is 0.234. The fourth-order valence-corrected chi connectivity index (χ4v) is 1.97. The van der Waals surface area contributed by atoms with E-state index in [1.807, 2.05) is 30.5 Å². The van der Waals surface area contributed by atoms with Gasteiger partial charge in [-0.3, -0.25) is 4.40 Å². The minimum absolute atomic E-state index is 0.0482. The zero-order valence-corrected chi connectivity index (χ0v) is 11.3. The van der Waals surface area contributed by atoms with Gasteiger partial charge in [0.2, 0.25) is 5.65 Å². The minimum atomic E-state index is 0.0482. The summed E-state index contributed by atoms with van der Waals surface area (Å²) in [4.78, 5) is 12.7. The maximum atomic E-state index is 5.67. The van der Waals surface area contributed by atoms with Gasteiger partial charge in [-0.15, -0.1) is 0 Å². The molecule has 6 nitrogen and oxygen atoms in total. The van der Waals surface area contributed by atoms with Crippen molar-refractivity contribution in [2.75, 3.05) is 5.73 Å². The molecule has 0 unspecified atom stereocenters. The Morgan fingerprint density at radius 2 is 2.00 bits per heavy atom. The summed E-state index contributed by atoms with van der Waals surface area (Å²) < 4.78 is 7.59. The molecule has 102 valence electrons. The molecule has 0 bridgehead atoms. The monoisotopic (exact) mass is 269 g/mol. The SMILES string of the molecule is CC(C)Oc1nccn2c(-c3ccc(N)nc3)cnc12. The molecule has 0 saturated heterocycles. The van der Waals surface area contributed by atoms with Crippen molar-refractivity contribution in [3.8, 4) is 17.1 Å². The van der Waals surface area contributed by atoms with E-state index >= 15 is 0 Å². The van der Waals surface area contributed by atoms with Crippen LogP contribution in [0.15, 0.2) is 36.9 Å². The smallest absolute Gasteiger partial charge is 0.258 e. The van der Waals surface area contributed by atoms with Crippen molar-refractivity contribution in [1.82, 2.24) is 19.4 Å². The van der Waals surface area contributed by atoms with Crippen LogP contribution in [0.2, 0.25) is 0 Å². The van der Waals surface area contributed by atoms with Crippen molar-refractivity contribution in [2.24, 2.45) is 0 Å². The second kappa shape index (κ2) is 4.80. The summed E-state index contributed by atoms with van der Waals surface area (Å²) in [6.45, 7) is 3.91. The first-order chi connectivity index (χ1) is 9.65. The lowest BCUT2D eigenvalue weighted by atomic mass is 10.2. The van der Waals surface area contributed by atoms with E-state index in [0.29, 0.717) is 17.3 Å². The molecule has 0 amide bonds. The molecule has 2 N–H and O–H groups in total. The molecule has 3 heterocycles. The Labute approximate surface area is 116 Å². The summed E-state index contributed by atoms with van der Waals surface area (Å²) in [5.41, 5.74) is 8.15. The number of anilines is 1. The van der Waals surface area contributed by atoms with Crippen LogP contribution in [-0.4, -0.2) is 25.5 Å². The number of nitrogen functional groups attached to an aromatic ring is 1. The van der Waals surface area contributed by atoms with Crippen molar-refractivity contribution >= 4 is 11.5 Å². The molecule has 0 aliphatic carbocycles. The molecular weight excluding hydrogens is 254 g/mol. The van der Waals surface area contributed by atoms with Crippen LogP contribution < -0.4 is 10.5 Å². The number of hydrogen-bond acceptors (Lipinski definition) is 5. The number of imidazole rings is 1. The van der Waals surface area contributed by atoms with E-state index in [4.69, 9.17) is 10.5 Å². The van der Waals surface area contributed by atoms with Gasteiger partial charge in [-0.25, -0.2) is 15.0 Å². The summed E-state index contributed by atoms with van der Waals surface area (Å²) >= 11 is 0. The molecule has 3 aromatic rings. The molecule has 0 aliphatic rings. The molecular formula is C14H15N5O. The average Bonchev–Trinajstić information content (AvgIpc) is 2.84. The van der Waals surface area contributed by atoms with E-state index in [1.54, 1.807) is 24.7 Å². The lowest BCUT2D eigenvalue weighted by Gasteiger charge is -2.09. The molecule has 0 spiro atoms. The maximum Gasteiger partial charge on any atom is 0.258 e. The molecule has 0 aliphatic heterocycles. The number of aromatic nitrogens is 4. The highest BCUT2D eigenvalue weighted by Gasteiger charge is 2.12. The third kappa shape index (κ3) is 2.16. The quantitative estimate of drug-likeness (QED) is 0.788. The lowest BCUT2D eigenvalue weighted by Crippen LogP contribution is -2.08. The third-order valence-electron chi connectivity index (χ3n) is 2.83. The first-order valence-electron chi connectivity index (χ1n) is 6.36. The number of nitrogens with two attached hydrogens (primary N) is 1. The van der Waals surface area contributed by atoms with E-state index in [2.05, 4.69) is 15.0 Å². The summed E-state index contributed by atoms with van der Waals surface area (Å²) in [5, 5.41) is 0. The highest BCUT2D eigenvalue weighted by atomic mass is 16.5. The molecule has 0 radical (unpaired) electrons. The van der Waals surface area contributed by atoms with Crippen LogP contribution in [0.25, 0.3) is 16.9 Å². The second-order valence-corrected chi connectivity index (χ2v) is 4.71. The van der Waals surface area contributed by atoms with Gasteiger partial charge >= 0.3 is 0 Å². The predicted molar refractivity (Wildman–Crippen MR) is 76.4 cm³/mol. The molecule has 0 atom stereocenters. The van der Waals surface area contributed by atoms with Crippen molar-refractivity contribution in [1.29, 1.82) is 0 Å². The number of pyridine rings is 1. The highest BCUT2D eigenvalue weighted by molar-refractivity contribution is 5.65. The summed E-state index contributed by atoms with van der Waals surface area (Å²) in [6.07, 6.45) is 7.09. The second-order valence-electron chi connectivity index (χ2n) is 4.71. The fraction of sp³-hybridized carbons (Fsp3) is 0.214. The van der Waals surface area contributed by atoms with Crippen molar-refractivity contribution in [3.63, 3.8) is 0 Å². The number of ether oxygens (including phenoxy) is 1.